The molecular formula is C6H7NO3S. The van der Waals surface area contributed by atoms with E-state index in [1.54, 1.807) is 10.9 Å². The monoisotopic (exact) mass is 173 g/mol. The molecule has 0 radical (unpaired) electrons. The zero-order chi connectivity index (χ0) is 8.27. The van der Waals surface area contributed by atoms with Crippen molar-refractivity contribution in [3.05, 3.63) is 16.6 Å². The van der Waals surface area contributed by atoms with Crippen LogP contribution in [0.25, 0.3) is 0 Å². The molecule has 1 N–H and O–H groups in total. The summed E-state index contributed by atoms with van der Waals surface area (Å²) >= 11 is 1.35. The van der Waals surface area contributed by atoms with Crippen LogP contribution in [0.1, 0.15) is 11.8 Å². The lowest BCUT2D eigenvalue weighted by Gasteiger charge is -2.05. The van der Waals surface area contributed by atoms with E-state index in [0.29, 0.717) is 5.69 Å². The van der Waals surface area contributed by atoms with Crippen molar-refractivity contribution >= 4 is 17.3 Å². The van der Waals surface area contributed by atoms with Crippen LogP contribution in [0, 0.1) is 0 Å². The van der Waals surface area contributed by atoms with Crippen LogP contribution in [-0.4, -0.2) is 23.2 Å². The fraction of sp³-hybridized carbons (Fsp3) is 0.333. The van der Waals surface area contributed by atoms with Gasteiger partial charge in [0.15, 0.2) is 6.10 Å². The summed E-state index contributed by atoms with van der Waals surface area (Å²) in [5.41, 5.74) is 2.02. The predicted molar refractivity (Wildman–Crippen MR) is 39.5 cm³/mol. The molecule has 0 amide bonds. The van der Waals surface area contributed by atoms with Gasteiger partial charge in [0.2, 0.25) is 0 Å². The highest BCUT2D eigenvalue weighted by Crippen LogP contribution is 2.15. The first-order valence-corrected chi connectivity index (χ1v) is 3.83. The molecule has 1 rings (SSSR count). The molecule has 11 heavy (non-hydrogen) atoms. The Hall–Kier alpha value is -0.940. The standard InChI is InChI=1S/C6H7NO3S/c1-10-5(6(8)9)4-2-11-3-7-4/h2-3,5H,1H3,(H,8,9). The van der Waals surface area contributed by atoms with Crippen LogP contribution in [0.3, 0.4) is 0 Å². The normalized spacial score (nSPS) is 12.8. The van der Waals surface area contributed by atoms with Crippen molar-refractivity contribution in [2.24, 2.45) is 0 Å². The summed E-state index contributed by atoms with van der Waals surface area (Å²) in [4.78, 5) is 14.3. The molecular weight excluding hydrogens is 166 g/mol. The lowest BCUT2D eigenvalue weighted by molar-refractivity contribution is -0.149. The molecule has 4 nitrogen and oxygen atoms in total. The number of aliphatic carboxylic acids is 1. The third kappa shape index (κ3) is 1.75. The maximum Gasteiger partial charge on any atom is 0.339 e. The van der Waals surface area contributed by atoms with Crippen LogP contribution in [0.5, 0.6) is 0 Å². The van der Waals surface area contributed by atoms with E-state index in [9.17, 15) is 4.79 Å². The van der Waals surface area contributed by atoms with Crippen molar-refractivity contribution < 1.29 is 14.6 Å². The Morgan fingerprint density at radius 3 is 3.00 bits per heavy atom. The molecule has 0 aliphatic rings. The fourth-order valence-corrected chi connectivity index (χ4v) is 1.27. The van der Waals surface area contributed by atoms with E-state index >= 15 is 0 Å². The lowest BCUT2D eigenvalue weighted by atomic mass is 10.3. The smallest absolute Gasteiger partial charge is 0.339 e. The highest BCUT2D eigenvalue weighted by atomic mass is 32.1. The molecule has 60 valence electrons. The second-order valence-electron chi connectivity index (χ2n) is 1.87. The number of aromatic nitrogens is 1. The maximum absolute atomic E-state index is 10.5. The van der Waals surface area contributed by atoms with Gasteiger partial charge in [0, 0.05) is 12.5 Å². The number of carboxylic acid groups (broad SMARTS) is 1. The van der Waals surface area contributed by atoms with Gasteiger partial charge < -0.3 is 9.84 Å². The molecule has 0 fully saturated rings. The number of carbonyl (C=O) groups is 1. The second kappa shape index (κ2) is 3.45. The molecule has 1 aromatic heterocycles. The number of ether oxygens (including phenoxy) is 1. The first kappa shape index (κ1) is 8.16. The highest BCUT2D eigenvalue weighted by Gasteiger charge is 2.20. The second-order valence-corrected chi connectivity index (χ2v) is 2.59. The quantitative estimate of drug-likeness (QED) is 0.738. The van der Waals surface area contributed by atoms with Gasteiger partial charge in [-0.05, 0) is 0 Å². The highest BCUT2D eigenvalue weighted by molar-refractivity contribution is 7.07. The average Bonchev–Trinajstić information content (AvgIpc) is 2.40. The largest absolute Gasteiger partial charge is 0.479 e. The van der Waals surface area contributed by atoms with Crippen LogP contribution in [0.4, 0.5) is 0 Å². The van der Waals surface area contributed by atoms with Crippen molar-refractivity contribution in [3.8, 4) is 0 Å². The minimum absolute atomic E-state index is 0.449. The Morgan fingerprint density at radius 2 is 2.64 bits per heavy atom. The van der Waals surface area contributed by atoms with Gasteiger partial charge in [0.1, 0.15) is 0 Å². The van der Waals surface area contributed by atoms with Gasteiger partial charge in [0.25, 0.3) is 0 Å². The van der Waals surface area contributed by atoms with E-state index in [0.717, 1.165) is 0 Å². The third-order valence-electron chi connectivity index (χ3n) is 1.18. The number of methoxy groups -OCH3 is 1. The average molecular weight is 173 g/mol. The SMILES string of the molecule is COC(C(=O)O)c1cscn1. The number of thiazole rings is 1. The first-order valence-electron chi connectivity index (χ1n) is 2.89. The van der Waals surface area contributed by atoms with E-state index in [-0.39, 0.29) is 0 Å². The molecule has 1 atom stereocenters. The van der Waals surface area contributed by atoms with E-state index in [1.165, 1.54) is 18.4 Å². The first-order chi connectivity index (χ1) is 5.25. The zero-order valence-electron chi connectivity index (χ0n) is 5.85. The minimum atomic E-state index is -1.02. The molecule has 0 bridgehead atoms. The van der Waals surface area contributed by atoms with Gasteiger partial charge in [-0.1, -0.05) is 0 Å². The van der Waals surface area contributed by atoms with Gasteiger partial charge in [0.05, 0.1) is 11.2 Å². The molecule has 0 saturated carbocycles. The van der Waals surface area contributed by atoms with Gasteiger partial charge in [-0.3, -0.25) is 0 Å². The van der Waals surface area contributed by atoms with Gasteiger partial charge in [-0.15, -0.1) is 11.3 Å². The summed E-state index contributed by atoms with van der Waals surface area (Å²) in [6, 6.07) is 0. The van der Waals surface area contributed by atoms with Gasteiger partial charge in [-0.2, -0.15) is 0 Å². The van der Waals surface area contributed by atoms with Gasteiger partial charge >= 0.3 is 5.97 Å². The summed E-state index contributed by atoms with van der Waals surface area (Å²) in [6.45, 7) is 0. The summed E-state index contributed by atoms with van der Waals surface area (Å²) in [6.07, 6.45) is -0.929. The third-order valence-corrected chi connectivity index (χ3v) is 1.78. The predicted octanol–water partition coefficient (Wildman–Crippen LogP) is 0.915. The van der Waals surface area contributed by atoms with E-state index in [2.05, 4.69) is 4.98 Å². The Balaban J connectivity index is 2.79. The van der Waals surface area contributed by atoms with E-state index in [1.807, 2.05) is 0 Å². The molecule has 0 aliphatic carbocycles. The molecule has 0 saturated heterocycles. The van der Waals surface area contributed by atoms with Crippen LogP contribution in [0.2, 0.25) is 0 Å². The topological polar surface area (TPSA) is 59.4 Å². The number of carboxylic acids is 1. The van der Waals surface area contributed by atoms with Crippen LogP contribution in [0.15, 0.2) is 10.9 Å². The number of nitrogens with zero attached hydrogens (tertiary/aromatic N) is 1. The Bertz CT molecular complexity index is 234. The summed E-state index contributed by atoms with van der Waals surface area (Å²) in [5.74, 6) is -1.02. The Morgan fingerprint density at radius 1 is 1.91 bits per heavy atom. The lowest BCUT2D eigenvalue weighted by Crippen LogP contribution is -2.13. The van der Waals surface area contributed by atoms with E-state index in [4.69, 9.17) is 9.84 Å². The van der Waals surface area contributed by atoms with Crippen molar-refractivity contribution in [2.45, 2.75) is 6.10 Å². The van der Waals surface area contributed by atoms with Crippen LogP contribution >= 0.6 is 11.3 Å². The molecule has 1 heterocycles. The number of hydrogen-bond donors (Lipinski definition) is 1. The van der Waals surface area contributed by atoms with Crippen molar-refractivity contribution in [2.75, 3.05) is 7.11 Å². The van der Waals surface area contributed by atoms with Crippen LogP contribution in [-0.2, 0) is 9.53 Å². The molecule has 0 aliphatic heterocycles. The summed E-state index contributed by atoms with van der Waals surface area (Å²) in [7, 11) is 1.35. The van der Waals surface area contributed by atoms with Gasteiger partial charge in [-0.25, -0.2) is 9.78 Å². The van der Waals surface area contributed by atoms with Crippen molar-refractivity contribution in [1.82, 2.24) is 4.98 Å². The molecule has 0 aromatic carbocycles. The Kier molecular flexibility index (Phi) is 2.56. The summed E-state index contributed by atoms with van der Waals surface area (Å²) in [5, 5.41) is 10.2. The molecule has 1 aromatic rings. The maximum atomic E-state index is 10.5. The van der Waals surface area contributed by atoms with E-state index < -0.39 is 12.1 Å². The number of rotatable bonds is 3. The van der Waals surface area contributed by atoms with Crippen molar-refractivity contribution in [1.29, 1.82) is 0 Å². The molecule has 0 spiro atoms. The zero-order valence-corrected chi connectivity index (χ0v) is 6.67. The summed E-state index contributed by atoms with van der Waals surface area (Å²) < 4.78 is 4.70. The molecule has 5 heteroatoms. The Labute approximate surface area is 67.5 Å². The minimum Gasteiger partial charge on any atom is -0.479 e. The van der Waals surface area contributed by atoms with Crippen molar-refractivity contribution in [3.63, 3.8) is 0 Å². The fourth-order valence-electron chi connectivity index (χ4n) is 0.699. The van der Waals surface area contributed by atoms with Crippen LogP contribution < -0.4 is 0 Å². The number of hydrogen-bond acceptors (Lipinski definition) is 4. The molecule has 1 unspecified atom stereocenters.